The molecule has 3 nitrogen and oxygen atoms in total. The maximum atomic E-state index is 11.9. The number of halogens is 2. The van der Waals surface area contributed by atoms with Crippen LogP contribution in [-0.2, 0) is 14.3 Å². The minimum absolute atomic E-state index is 0.119. The molecule has 5 heteroatoms. The van der Waals surface area contributed by atoms with E-state index < -0.39 is 24.4 Å². The zero-order valence-electron chi connectivity index (χ0n) is 6.89. The molecule has 0 radical (unpaired) electrons. The van der Waals surface area contributed by atoms with Gasteiger partial charge in [0, 0.05) is 6.92 Å². The fourth-order valence-corrected chi connectivity index (χ4v) is 0.492. The molecular weight excluding hydrogens is 170 g/mol. The molecule has 70 valence electrons. The van der Waals surface area contributed by atoms with Gasteiger partial charge in [0.05, 0.1) is 6.61 Å². The fraction of sp³-hybridized carbons (Fsp3) is 0.571. The van der Waals surface area contributed by atoms with Gasteiger partial charge in [-0.3, -0.25) is 4.79 Å². The van der Waals surface area contributed by atoms with E-state index in [1.165, 1.54) is 0 Å². The van der Waals surface area contributed by atoms with Crippen LogP contribution in [0.4, 0.5) is 8.78 Å². The Bertz CT molecular complexity index is 185. The van der Waals surface area contributed by atoms with Crippen molar-refractivity contribution in [2.75, 3.05) is 13.2 Å². The molecule has 0 aliphatic heterocycles. The Morgan fingerprint density at radius 1 is 1.33 bits per heavy atom. The smallest absolute Gasteiger partial charge is 0.311 e. The molecule has 12 heavy (non-hydrogen) atoms. The normalized spacial score (nSPS) is 9.00. The van der Waals surface area contributed by atoms with E-state index in [9.17, 15) is 13.6 Å². The molecule has 0 amide bonds. The van der Waals surface area contributed by atoms with E-state index in [0.29, 0.717) is 0 Å². The largest absolute Gasteiger partial charge is 0.489 e. The lowest BCUT2D eigenvalue weighted by atomic mass is 10.5. The lowest BCUT2D eigenvalue weighted by molar-refractivity contribution is -0.141. The summed E-state index contributed by atoms with van der Waals surface area (Å²) in [4.78, 5) is 10.2. The third kappa shape index (κ3) is 4.65. The third-order valence-electron chi connectivity index (χ3n) is 0.936. The monoisotopic (exact) mass is 180 g/mol. The molecule has 0 unspecified atom stereocenters. The van der Waals surface area contributed by atoms with E-state index in [2.05, 4.69) is 9.47 Å². The predicted octanol–water partition coefficient (Wildman–Crippen LogP) is 1.69. The number of carbonyl (C=O) groups excluding carboxylic acids is 1. The standard InChI is InChI=1S/C7H10F2O3/c1-3-11-6(7(8)9)4-12-5(2)10/h3-4H2,1-2H3. The van der Waals surface area contributed by atoms with Crippen LogP contribution in [0.15, 0.2) is 11.8 Å². The van der Waals surface area contributed by atoms with Gasteiger partial charge in [0.15, 0.2) is 12.4 Å². The average Bonchev–Trinajstić information content (AvgIpc) is 1.96. The zero-order valence-corrected chi connectivity index (χ0v) is 6.89. The van der Waals surface area contributed by atoms with E-state index in [-0.39, 0.29) is 6.61 Å². The van der Waals surface area contributed by atoms with Crippen LogP contribution < -0.4 is 0 Å². The first-order valence-electron chi connectivity index (χ1n) is 3.38. The third-order valence-corrected chi connectivity index (χ3v) is 0.936. The number of rotatable bonds is 4. The molecule has 0 saturated heterocycles. The van der Waals surface area contributed by atoms with Crippen LogP contribution in [0.25, 0.3) is 0 Å². The van der Waals surface area contributed by atoms with Crippen LogP contribution in [0.2, 0.25) is 0 Å². The first-order chi connectivity index (χ1) is 5.57. The molecule has 0 aromatic carbocycles. The highest BCUT2D eigenvalue weighted by Gasteiger charge is 2.08. The molecule has 0 heterocycles. The topological polar surface area (TPSA) is 35.5 Å². The molecule has 0 aliphatic rings. The van der Waals surface area contributed by atoms with Gasteiger partial charge in [-0.2, -0.15) is 8.78 Å². The van der Waals surface area contributed by atoms with Gasteiger partial charge in [0.2, 0.25) is 0 Å². The highest BCUT2D eigenvalue weighted by molar-refractivity contribution is 5.66. The summed E-state index contributed by atoms with van der Waals surface area (Å²) < 4.78 is 32.6. The Kier molecular flexibility index (Phi) is 4.99. The number of esters is 1. The predicted molar refractivity (Wildman–Crippen MR) is 37.5 cm³/mol. The summed E-state index contributed by atoms with van der Waals surface area (Å²) in [5, 5.41) is 0. The Hall–Kier alpha value is -1.13. The van der Waals surface area contributed by atoms with Crippen molar-refractivity contribution in [3.05, 3.63) is 11.8 Å². The molecule has 0 aromatic rings. The molecule has 0 aromatic heterocycles. The summed E-state index contributed by atoms with van der Waals surface area (Å²) in [7, 11) is 0. The van der Waals surface area contributed by atoms with Crippen LogP contribution >= 0.6 is 0 Å². The van der Waals surface area contributed by atoms with E-state index in [4.69, 9.17) is 0 Å². The first kappa shape index (κ1) is 10.9. The van der Waals surface area contributed by atoms with Crippen molar-refractivity contribution >= 4 is 5.97 Å². The second kappa shape index (κ2) is 5.51. The number of ether oxygens (including phenoxy) is 2. The number of carbonyl (C=O) groups is 1. The molecule has 0 atom stereocenters. The highest BCUT2D eigenvalue weighted by atomic mass is 19.3. The van der Waals surface area contributed by atoms with E-state index in [1.807, 2.05) is 0 Å². The molecule has 0 spiro atoms. The Morgan fingerprint density at radius 2 is 1.92 bits per heavy atom. The van der Waals surface area contributed by atoms with E-state index in [1.54, 1.807) is 6.92 Å². The van der Waals surface area contributed by atoms with Crippen molar-refractivity contribution in [3.8, 4) is 0 Å². The van der Waals surface area contributed by atoms with Gasteiger partial charge in [-0.1, -0.05) is 0 Å². The number of hydrogen-bond donors (Lipinski definition) is 0. The number of hydrogen-bond acceptors (Lipinski definition) is 3. The van der Waals surface area contributed by atoms with E-state index >= 15 is 0 Å². The summed E-state index contributed by atoms with van der Waals surface area (Å²) in [5.74, 6) is -1.21. The lowest BCUT2D eigenvalue weighted by Crippen LogP contribution is -2.06. The van der Waals surface area contributed by atoms with Gasteiger partial charge in [-0.15, -0.1) is 0 Å². The van der Waals surface area contributed by atoms with Crippen molar-refractivity contribution < 1.29 is 23.0 Å². The van der Waals surface area contributed by atoms with Gasteiger partial charge in [-0.05, 0) is 6.92 Å². The van der Waals surface area contributed by atoms with Gasteiger partial charge >= 0.3 is 12.0 Å². The minimum Gasteiger partial charge on any atom is -0.489 e. The van der Waals surface area contributed by atoms with Crippen LogP contribution in [0.3, 0.4) is 0 Å². The molecule has 0 saturated carbocycles. The quantitative estimate of drug-likeness (QED) is 0.488. The highest BCUT2D eigenvalue weighted by Crippen LogP contribution is 2.09. The first-order valence-corrected chi connectivity index (χ1v) is 3.38. The Labute approximate surface area is 69.0 Å². The molecule has 0 N–H and O–H groups in total. The van der Waals surface area contributed by atoms with Crippen molar-refractivity contribution in [2.24, 2.45) is 0 Å². The average molecular weight is 180 g/mol. The van der Waals surface area contributed by atoms with Crippen LogP contribution in [0, 0.1) is 0 Å². The molecular formula is C7H10F2O3. The van der Waals surface area contributed by atoms with Crippen LogP contribution in [0.1, 0.15) is 13.8 Å². The zero-order chi connectivity index (χ0) is 9.56. The van der Waals surface area contributed by atoms with Crippen molar-refractivity contribution in [3.63, 3.8) is 0 Å². The molecule has 0 bridgehead atoms. The van der Waals surface area contributed by atoms with Crippen molar-refractivity contribution in [1.82, 2.24) is 0 Å². The second-order valence-corrected chi connectivity index (χ2v) is 1.90. The maximum absolute atomic E-state index is 11.9. The van der Waals surface area contributed by atoms with Crippen molar-refractivity contribution in [2.45, 2.75) is 13.8 Å². The minimum atomic E-state index is -1.96. The lowest BCUT2D eigenvalue weighted by Gasteiger charge is -2.06. The summed E-state index contributed by atoms with van der Waals surface area (Å²) >= 11 is 0. The maximum Gasteiger partial charge on any atom is 0.311 e. The van der Waals surface area contributed by atoms with Crippen LogP contribution in [0.5, 0.6) is 0 Å². The van der Waals surface area contributed by atoms with Gasteiger partial charge in [-0.25, -0.2) is 0 Å². The summed E-state index contributed by atoms with van der Waals surface area (Å²) in [6, 6.07) is 0. The molecule has 0 fully saturated rings. The summed E-state index contributed by atoms with van der Waals surface area (Å²) in [6.07, 6.45) is -1.96. The molecule has 0 rings (SSSR count). The fourth-order valence-electron chi connectivity index (χ4n) is 0.492. The Morgan fingerprint density at radius 3 is 2.25 bits per heavy atom. The summed E-state index contributed by atoms with van der Waals surface area (Å²) in [5.41, 5.74) is 0. The SMILES string of the molecule is CCOC(COC(C)=O)=C(F)F. The molecule has 0 aliphatic carbocycles. The second-order valence-electron chi connectivity index (χ2n) is 1.90. The van der Waals surface area contributed by atoms with Gasteiger partial charge in [0.1, 0.15) is 0 Å². The van der Waals surface area contributed by atoms with Crippen LogP contribution in [-0.4, -0.2) is 19.2 Å². The van der Waals surface area contributed by atoms with Gasteiger partial charge < -0.3 is 9.47 Å². The van der Waals surface area contributed by atoms with Crippen molar-refractivity contribution in [1.29, 1.82) is 0 Å². The summed E-state index contributed by atoms with van der Waals surface area (Å²) in [6.45, 7) is 2.32. The van der Waals surface area contributed by atoms with Gasteiger partial charge in [0.25, 0.3) is 0 Å². The Balaban J connectivity index is 3.98. The van der Waals surface area contributed by atoms with E-state index in [0.717, 1.165) is 6.92 Å².